The maximum absolute atomic E-state index is 16.6. The number of nitrogens with zero attached hydrogens (tertiary/aromatic N) is 4. The van der Waals surface area contributed by atoms with E-state index in [4.69, 9.17) is 13.6 Å². The zero-order valence-corrected chi connectivity index (χ0v) is 40.5. The SMILES string of the molecule is O=c1c(Cc2ccccc2)c(OP(=O)(Oc2ccccc2)Oc2c(Cc3ccccc3)c(=O)c3cc(N4CCCC4)ccc3n2Cc2ccccc2)n(Cc2ccccc2)c2ccc(N3CCCC3)cc12. The third-order valence-electron chi connectivity index (χ3n) is 13.7. The van der Waals surface area contributed by atoms with Crippen LogP contribution in [0.5, 0.6) is 17.5 Å². The molecule has 11 rings (SSSR count). The molecule has 10 nitrogen and oxygen atoms in total. The van der Waals surface area contributed by atoms with E-state index in [1.807, 2.05) is 173 Å². The van der Waals surface area contributed by atoms with Crippen LogP contribution in [0.25, 0.3) is 21.8 Å². The fourth-order valence-electron chi connectivity index (χ4n) is 10.1. The van der Waals surface area contributed by atoms with Crippen LogP contribution in [0, 0.1) is 0 Å². The van der Waals surface area contributed by atoms with Crippen molar-refractivity contribution >= 4 is 41.0 Å². The Morgan fingerprint density at radius 1 is 0.408 bits per heavy atom. The summed E-state index contributed by atoms with van der Waals surface area (Å²) < 4.78 is 41.0. The predicted octanol–water partition coefficient (Wildman–Crippen LogP) is 12.4. The van der Waals surface area contributed by atoms with Gasteiger partial charge in [0.25, 0.3) is 0 Å². The Morgan fingerprint density at radius 2 is 0.761 bits per heavy atom. The molecule has 0 unspecified atom stereocenters. The highest BCUT2D eigenvalue weighted by atomic mass is 31.2. The van der Waals surface area contributed by atoms with Crippen molar-refractivity contribution in [2.75, 3.05) is 36.0 Å². The Labute approximate surface area is 413 Å². The topological polar surface area (TPSA) is 95.2 Å². The van der Waals surface area contributed by atoms with Crippen LogP contribution in [-0.2, 0) is 30.5 Å². The highest BCUT2D eigenvalue weighted by Crippen LogP contribution is 2.52. The van der Waals surface area contributed by atoms with Crippen molar-refractivity contribution in [3.05, 3.63) is 242 Å². The van der Waals surface area contributed by atoms with E-state index >= 15 is 14.2 Å². The second-order valence-corrected chi connectivity index (χ2v) is 20.0. The van der Waals surface area contributed by atoms with E-state index in [1.54, 1.807) is 24.3 Å². The van der Waals surface area contributed by atoms with Gasteiger partial charge in [-0.2, -0.15) is 4.57 Å². The summed E-state index contributed by atoms with van der Waals surface area (Å²) in [6.07, 6.45) is 4.66. The summed E-state index contributed by atoms with van der Waals surface area (Å²) in [5.41, 5.74) is 6.82. The number of pyridine rings is 2. The first-order chi connectivity index (χ1) is 34.9. The number of benzene rings is 7. The number of hydrogen-bond donors (Lipinski definition) is 0. The lowest BCUT2D eigenvalue weighted by Gasteiger charge is -2.28. The standard InChI is InChI=1S/C60H55N4O6P/c65-57-51-40-48(61-34-16-17-35-61)30-32-55(51)63(42-46-24-10-3-11-25-46)59(53(57)38-44-20-6-1-7-21-44)69-71(67,68-50-28-14-5-15-29-50)70-60-54(39-45-22-8-2-9-23-45)58(66)52-41-49(62-36-18-19-37-62)31-33-56(52)64(60)43-47-26-12-4-13-27-47/h1-15,20-33,40-41H,16-19,34-39,42-43H2. The molecule has 0 aliphatic carbocycles. The van der Waals surface area contributed by atoms with Crippen molar-refractivity contribution in [2.24, 2.45) is 0 Å². The molecule has 2 aliphatic rings. The first kappa shape index (κ1) is 45.6. The molecule has 0 bridgehead atoms. The van der Waals surface area contributed by atoms with Gasteiger partial charge >= 0.3 is 7.82 Å². The van der Waals surface area contributed by atoms with Gasteiger partial charge in [0.2, 0.25) is 11.8 Å². The second-order valence-electron chi connectivity index (χ2n) is 18.5. The number of rotatable bonds is 16. The highest BCUT2D eigenvalue weighted by molar-refractivity contribution is 7.49. The van der Waals surface area contributed by atoms with Crippen LogP contribution in [0.3, 0.4) is 0 Å². The van der Waals surface area contributed by atoms with E-state index in [9.17, 15) is 0 Å². The molecular formula is C60H55N4O6P. The van der Waals surface area contributed by atoms with Gasteiger partial charge in [-0.15, -0.1) is 0 Å². The zero-order valence-electron chi connectivity index (χ0n) is 39.6. The van der Waals surface area contributed by atoms with Crippen LogP contribution < -0.4 is 34.2 Å². The molecule has 2 saturated heterocycles. The summed E-state index contributed by atoms with van der Waals surface area (Å²) in [4.78, 5) is 35.5. The molecule has 0 radical (unpaired) electrons. The van der Waals surface area contributed by atoms with E-state index in [0.29, 0.717) is 21.8 Å². The van der Waals surface area contributed by atoms with Crippen molar-refractivity contribution in [1.82, 2.24) is 9.13 Å². The highest BCUT2D eigenvalue weighted by Gasteiger charge is 2.39. The Bertz CT molecular complexity index is 3280. The third-order valence-corrected chi connectivity index (χ3v) is 14.9. The Hall–Kier alpha value is -7.81. The van der Waals surface area contributed by atoms with Crippen LogP contribution in [0.2, 0.25) is 0 Å². The van der Waals surface area contributed by atoms with Gasteiger partial charge in [-0.3, -0.25) is 9.59 Å². The zero-order chi connectivity index (χ0) is 48.2. The van der Waals surface area contributed by atoms with Crippen molar-refractivity contribution < 1.29 is 18.1 Å². The van der Waals surface area contributed by atoms with E-state index in [1.165, 1.54) is 0 Å². The molecule has 0 amide bonds. The fourth-order valence-corrected chi connectivity index (χ4v) is 11.5. The molecular weight excluding hydrogens is 904 g/mol. The molecule has 7 aromatic carbocycles. The smallest absolute Gasteiger partial charge is 0.386 e. The molecule has 0 saturated carbocycles. The van der Waals surface area contributed by atoms with Crippen LogP contribution in [0.15, 0.2) is 198 Å². The Balaban J connectivity index is 1.16. The lowest BCUT2D eigenvalue weighted by Crippen LogP contribution is -2.24. The summed E-state index contributed by atoms with van der Waals surface area (Å²) in [6, 6.07) is 60.1. The van der Waals surface area contributed by atoms with Gasteiger partial charge in [-0.1, -0.05) is 140 Å². The van der Waals surface area contributed by atoms with Crippen LogP contribution in [0.4, 0.5) is 11.4 Å². The largest absolute Gasteiger partial charge is 0.649 e. The molecule has 0 atom stereocenters. The van der Waals surface area contributed by atoms with Crippen molar-refractivity contribution in [3.63, 3.8) is 0 Å². The van der Waals surface area contributed by atoms with Gasteiger partial charge in [0.1, 0.15) is 5.75 Å². The maximum atomic E-state index is 16.6. The van der Waals surface area contributed by atoms with Gasteiger partial charge in [0.05, 0.1) is 35.2 Å². The number of aromatic nitrogens is 2. The molecule has 2 aliphatic heterocycles. The quantitative estimate of drug-likeness (QED) is 0.0884. The summed E-state index contributed by atoms with van der Waals surface area (Å²) >= 11 is 0. The number of fused-ring (bicyclic) bond motifs is 2. The van der Waals surface area contributed by atoms with Crippen LogP contribution in [-0.4, -0.2) is 35.3 Å². The molecule has 11 heteroatoms. The minimum absolute atomic E-state index is 0.0426. The summed E-state index contributed by atoms with van der Waals surface area (Å²) in [6.45, 7) is 4.17. The predicted molar refractivity (Wildman–Crippen MR) is 285 cm³/mol. The monoisotopic (exact) mass is 958 g/mol. The summed E-state index contributed by atoms with van der Waals surface area (Å²) in [5.74, 6) is 0.299. The number of hydrogen-bond acceptors (Lipinski definition) is 8. The molecule has 356 valence electrons. The van der Waals surface area contributed by atoms with Gasteiger partial charge in [0, 0.05) is 61.2 Å². The molecule has 4 heterocycles. The van der Waals surface area contributed by atoms with Gasteiger partial charge < -0.3 is 32.5 Å². The lowest BCUT2D eigenvalue weighted by atomic mass is 10.0. The van der Waals surface area contributed by atoms with Crippen LogP contribution >= 0.6 is 7.82 Å². The number of para-hydroxylation sites is 1. The average Bonchev–Trinajstić information content (AvgIpc) is 4.17. The second kappa shape index (κ2) is 20.3. The van der Waals surface area contributed by atoms with Gasteiger partial charge in [0.15, 0.2) is 10.9 Å². The Morgan fingerprint density at radius 3 is 1.14 bits per heavy atom. The minimum Gasteiger partial charge on any atom is -0.386 e. The molecule has 71 heavy (non-hydrogen) atoms. The molecule has 2 aromatic heterocycles. The Kier molecular flexibility index (Phi) is 13.0. The first-order valence-corrected chi connectivity index (χ1v) is 26.1. The minimum atomic E-state index is -5.00. The molecule has 2 fully saturated rings. The van der Waals surface area contributed by atoms with Crippen molar-refractivity contribution in [1.29, 1.82) is 0 Å². The number of phosphoric acid groups is 1. The number of anilines is 2. The van der Waals surface area contributed by atoms with Crippen molar-refractivity contribution in [2.45, 2.75) is 51.6 Å². The van der Waals surface area contributed by atoms with Crippen molar-refractivity contribution in [3.8, 4) is 17.5 Å². The van der Waals surface area contributed by atoms with Crippen LogP contribution in [0.1, 0.15) is 59.1 Å². The van der Waals surface area contributed by atoms with Gasteiger partial charge in [-0.05, 0) is 96.5 Å². The molecule has 0 N–H and O–H groups in total. The van der Waals surface area contributed by atoms with E-state index in [-0.39, 0.29) is 65.4 Å². The van der Waals surface area contributed by atoms with E-state index in [2.05, 4.69) is 9.80 Å². The normalized spacial score (nSPS) is 13.8. The average molecular weight is 959 g/mol. The molecule has 0 spiro atoms. The maximum Gasteiger partial charge on any atom is 0.649 e. The number of phosphoric ester groups is 1. The first-order valence-electron chi connectivity index (χ1n) is 24.6. The third kappa shape index (κ3) is 9.86. The molecule has 9 aromatic rings. The van der Waals surface area contributed by atoms with E-state index < -0.39 is 7.82 Å². The van der Waals surface area contributed by atoms with E-state index in [0.717, 1.165) is 85.5 Å². The fraction of sp³-hybridized carbons (Fsp3) is 0.200. The summed E-state index contributed by atoms with van der Waals surface area (Å²) in [5, 5.41) is 1.04. The van der Waals surface area contributed by atoms with Gasteiger partial charge in [-0.25, -0.2) is 0 Å². The lowest BCUT2D eigenvalue weighted by molar-refractivity contribution is 0.279. The summed E-state index contributed by atoms with van der Waals surface area (Å²) in [7, 11) is -5.00.